The van der Waals surface area contributed by atoms with Gasteiger partial charge in [0.05, 0.1) is 11.2 Å². The SMILES string of the molecule is CCNC(CC)(c1nc(C)c(C)s1)C1CC1. The van der Waals surface area contributed by atoms with Crippen molar-refractivity contribution in [3.63, 3.8) is 0 Å². The summed E-state index contributed by atoms with van der Waals surface area (Å²) in [6.07, 6.45) is 3.87. The maximum Gasteiger partial charge on any atom is 0.114 e. The summed E-state index contributed by atoms with van der Waals surface area (Å²) in [5.41, 5.74) is 1.37. The van der Waals surface area contributed by atoms with Crippen LogP contribution in [0.4, 0.5) is 0 Å². The molecule has 0 bridgehead atoms. The zero-order chi connectivity index (χ0) is 11.8. The van der Waals surface area contributed by atoms with Crippen LogP contribution in [0.25, 0.3) is 0 Å². The lowest BCUT2D eigenvalue weighted by Crippen LogP contribution is -2.43. The van der Waals surface area contributed by atoms with Crippen molar-refractivity contribution in [2.75, 3.05) is 6.54 Å². The Kier molecular flexibility index (Phi) is 3.36. The van der Waals surface area contributed by atoms with E-state index >= 15 is 0 Å². The van der Waals surface area contributed by atoms with Gasteiger partial charge in [-0.15, -0.1) is 11.3 Å². The van der Waals surface area contributed by atoms with E-state index in [0.29, 0.717) is 0 Å². The average molecular weight is 238 g/mol. The second-order valence-corrected chi connectivity index (χ2v) is 5.99. The summed E-state index contributed by atoms with van der Waals surface area (Å²) in [6, 6.07) is 0. The van der Waals surface area contributed by atoms with Gasteiger partial charge in [-0.05, 0) is 45.6 Å². The molecule has 1 saturated carbocycles. The quantitative estimate of drug-likeness (QED) is 0.850. The van der Waals surface area contributed by atoms with Crippen LogP contribution in [0.15, 0.2) is 0 Å². The zero-order valence-electron chi connectivity index (χ0n) is 10.8. The van der Waals surface area contributed by atoms with Gasteiger partial charge in [0.2, 0.25) is 0 Å². The number of rotatable bonds is 5. The summed E-state index contributed by atoms with van der Waals surface area (Å²) in [5, 5.41) is 5.03. The van der Waals surface area contributed by atoms with Crippen LogP contribution in [0.3, 0.4) is 0 Å². The van der Waals surface area contributed by atoms with Crippen molar-refractivity contribution in [1.82, 2.24) is 10.3 Å². The van der Waals surface area contributed by atoms with Crippen molar-refractivity contribution >= 4 is 11.3 Å². The first-order chi connectivity index (χ1) is 7.64. The number of thiazole rings is 1. The molecule has 90 valence electrons. The van der Waals surface area contributed by atoms with Crippen LogP contribution in [0.2, 0.25) is 0 Å². The summed E-state index contributed by atoms with van der Waals surface area (Å²) in [4.78, 5) is 6.16. The van der Waals surface area contributed by atoms with Gasteiger partial charge in [-0.3, -0.25) is 0 Å². The molecule has 0 amide bonds. The van der Waals surface area contributed by atoms with Crippen molar-refractivity contribution in [1.29, 1.82) is 0 Å². The van der Waals surface area contributed by atoms with Crippen molar-refractivity contribution in [2.45, 2.75) is 52.5 Å². The summed E-state index contributed by atoms with van der Waals surface area (Å²) < 4.78 is 0. The Morgan fingerprint density at radius 1 is 1.38 bits per heavy atom. The molecule has 1 aliphatic rings. The largest absolute Gasteiger partial charge is 0.305 e. The van der Waals surface area contributed by atoms with Gasteiger partial charge < -0.3 is 5.32 Å². The molecule has 0 saturated heterocycles. The Bertz CT molecular complexity index is 349. The van der Waals surface area contributed by atoms with E-state index in [2.05, 4.69) is 33.0 Å². The van der Waals surface area contributed by atoms with Crippen LogP contribution in [0, 0.1) is 19.8 Å². The monoisotopic (exact) mass is 238 g/mol. The van der Waals surface area contributed by atoms with E-state index in [1.807, 2.05) is 11.3 Å². The van der Waals surface area contributed by atoms with E-state index in [-0.39, 0.29) is 5.54 Å². The number of nitrogens with zero attached hydrogens (tertiary/aromatic N) is 1. The average Bonchev–Trinajstić information content (AvgIpc) is 3.04. The highest BCUT2D eigenvalue weighted by Gasteiger charge is 2.46. The molecule has 1 N–H and O–H groups in total. The van der Waals surface area contributed by atoms with Gasteiger partial charge in [-0.1, -0.05) is 13.8 Å². The number of aryl methyl sites for hydroxylation is 2. The lowest BCUT2D eigenvalue weighted by atomic mass is 9.90. The molecule has 1 fully saturated rings. The molecule has 2 rings (SSSR count). The van der Waals surface area contributed by atoms with Gasteiger partial charge in [0.15, 0.2) is 0 Å². The van der Waals surface area contributed by atoms with Gasteiger partial charge in [0, 0.05) is 4.88 Å². The Morgan fingerprint density at radius 2 is 2.06 bits per heavy atom. The van der Waals surface area contributed by atoms with Crippen LogP contribution in [-0.2, 0) is 5.54 Å². The van der Waals surface area contributed by atoms with E-state index in [9.17, 15) is 0 Å². The fraction of sp³-hybridized carbons (Fsp3) is 0.769. The number of nitrogens with one attached hydrogen (secondary N) is 1. The first kappa shape index (κ1) is 12.1. The number of aromatic nitrogens is 1. The lowest BCUT2D eigenvalue weighted by Gasteiger charge is -2.32. The van der Waals surface area contributed by atoms with Crippen molar-refractivity contribution < 1.29 is 0 Å². The van der Waals surface area contributed by atoms with Gasteiger partial charge in [0.1, 0.15) is 5.01 Å². The van der Waals surface area contributed by atoms with Crippen LogP contribution in [0.5, 0.6) is 0 Å². The Hall–Kier alpha value is -0.410. The van der Waals surface area contributed by atoms with Crippen LogP contribution in [-0.4, -0.2) is 11.5 Å². The summed E-state index contributed by atoms with van der Waals surface area (Å²) in [7, 11) is 0. The fourth-order valence-corrected chi connectivity index (χ4v) is 3.75. The van der Waals surface area contributed by atoms with Gasteiger partial charge >= 0.3 is 0 Å². The summed E-state index contributed by atoms with van der Waals surface area (Å²) in [6.45, 7) is 9.81. The first-order valence-corrected chi connectivity index (χ1v) is 7.15. The minimum absolute atomic E-state index is 0.165. The molecular weight excluding hydrogens is 216 g/mol. The maximum absolute atomic E-state index is 4.79. The molecule has 1 aromatic rings. The molecule has 1 heterocycles. The molecule has 2 nitrogen and oxygen atoms in total. The first-order valence-electron chi connectivity index (χ1n) is 6.33. The third kappa shape index (κ3) is 1.91. The van der Waals surface area contributed by atoms with E-state index in [1.165, 1.54) is 28.4 Å². The zero-order valence-corrected chi connectivity index (χ0v) is 11.6. The lowest BCUT2D eigenvalue weighted by molar-refractivity contribution is 0.281. The highest BCUT2D eigenvalue weighted by Crippen LogP contribution is 2.48. The molecule has 1 aromatic heterocycles. The van der Waals surface area contributed by atoms with E-state index < -0.39 is 0 Å². The van der Waals surface area contributed by atoms with Gasteiger partial charge in [0.25, 0.3) is 0 Å². The minimum Gasteiger partial charge on any atom is -0.305 e. The second-order valence-electron chi connectivity index (χ2n) is 4.79. The molecule has 0 radical (unpaired) electrons. The fourth-order valence-electron chi connectivity index (χ4n) is 2.51. The smallest absolute Gasteiger partial charge is 0.114 e. The van der Waals surface area contributed by atoms with E-state index in [0.717, 1.165) is 18.9 Å². The topological polar surface area (TPSA) is 24.9 Å². The van der Waals surface area contributed by atoms with E-state index in [4.69, 9.17) is 4.98 Å². The molecule has 1 aliphatic carbocycles. The molecule has 3 heteroatoms. The molecular formula is C13H22N2S. The number of hydrogen-bond acceptors (Lipinski definition) is 3. The van der Waals surface area contributed by atoms with Gasteiger partial charge in [-0.25, -0.2) is 4.98 Å². The third-order valence-electron chi connectivity index (χ3n) is 3.73. The van der Waals surface area contributed by atoms with Crippen molar-refractivity contribution in [3.8, 4) is 0 Å². The minimum atomic E-state index is 0.165. The predicted molar refractivity (Wildman–Crippen MR) is 70.0 cm³/mol. The van der Waals surface area contributed by atoms with Crippen LogP contribution in [0.1, 0.15) is 48.7 Å². The third-order valence-corrected chi connectivity index (χ3v) is 4.98. The normalized spacial score (nSPS) is 19.8. The molecule has 0 spiro atoms. The van der Waals surface area contributed by atoms with Crippen molar-refractivity contribution in [2.24, 2.45) is 5.92 Å². The number of hydrogen-bond donors (Lipinski definition) is 1. The second kappa shape index (κ2) is 4.46. The Labute approximate surface area is 102 Å². The van der Waals surface area contributed by atoms with Crippen molar-refractivity contribution in [3.05, 3.63) is 15.6 Å². The van der Waals surface area contributed by atoms with Crippen LogP contribution < -0.4 is 5.32 Å². The molecule has 1 unspecified atom stereocenters. The van der Waals surface area contributed by atoms with E-state index in [1.54, 1.807) is 0 Å². The Morgan fingerprint density at radius 3 is 2.44 bits per heavy atom. The molecule has 1 atom stereocenters. The van der Waals surface area contributed by atoms with Gasteiger partial charge in [-0.2, -0.15) is 0 Å². The Balaban J connectivity index is 2.36. The molecule has 16 heavy (non-hydrogen) atoms. The summed E-state index contributed by atoms with van der Waals surface area (Å²) in [5.74, 6) is 0.808. The van der Waals surface area contributed by atoms with Crippen LogP contribution >= 0.6 is 11.3 Å². The highest BCUT2D eigenvalue weighted by atomic mass is 32.1. The molecule has 0 aromatic carbocycles. The predicted octanol–water partition coefficient (Wildman–Crippen LogP) is 3.38. The summed E-state index contributed by atoms with van der Waals surface area (Å²) >= 11 is 1.88. The standard InChI is InChI=1S/C13H22N2S/c1-5-13(14-6-2,11-7-8-11)12-15-9(3)10(4)16-12/h11,14H,5-8H2,1-4H3. The molecule has 0 aliphatic heterocycles. The highest BCUT2D eigenvalue weighted by molar-refractivity contribution is 7.11. The maximum atomic E-state index is 4.79.